The Labute approximate surface area is 114 Å². The molecule has 1 heterocycles. The molecular weight excluding hydrogens is 256 g/mol. The topological polar surface area (TPSA) is 65.3 Å². The van der Waals surface area contributed by atoms with Crippen molar-refractivity contribution >= 4 is 16.5 Å². The standard InChI is InChI=1S/C15H10N2O3/c18-17(19)12-5-7-13(8-6-12)20-15-14-4-2-1-3-11(14)9-10-16-15/h1-10H. The highest BCUT2D eigenvalue weighted by atomic mass is 16.6. The molecule has 0 radical (unpaired) electrons. The minimum absolute atomic E-state index is 0.0308. The van der Waals surface area contributed by atoms with Gasteiger partial charge < -0.3 is 4.74 Å². The maximum Gasteiger partial charge on any atom is 0.269 e. The van der Waals surface area contributed by atoms with Crippen LogP contribution in [-0.4, -0.2) is 9.91 Å². The van der Waals surface area contributed by atoms with Crippen molar-refractivity contribution in [3.05, 3.63) is 70.9 Å². The molecule has 0 aliphatic rings. The summed E-state index contributed by atoms with van der Waals surface area (Å²) in [5, 5.41) is 12.5. The number of nitrogens with zero attached hydrogens (tertiary/aromatic N) is 2. The number of pyridine rings is 1. The SMILES string of the molecule is O=[N+]([O-])c1ccc(Oc2nccc3ccccc23)cc1. The first-order chi connectivity index (χ1) is 9.74. The van der Waals surface area contributed by atoms with Gasteiger partial charge in [-0.25, -0.2) is 4.98 Å². The molecule has 0 unspecified atom stereocenters. The summed E-state index contributed by atoms with van der Waals surface area (Å²) in [5.41, 5.74) is 0.0308. The first-order valence-electron chi connectivity index (χ1n) is 6.00. The Morgan fingerprint density at radius 1 is 1.00 bits per heavy atom. The molecule has 0 N–H and O–H groups in total. The van der Waals surface area contributed by atoms with E-state index in [1.54, 1.807) is 18.3 Å². The summed E-state index contributed by atoms with van der Waals surface area (Å²) in [7, 11) is 0. The number of nitro benzene ring substituents is 1. The Morgan fingerprint density at radius 3 is 2.50 bits per heavy atom. The van der Waals surface area contributed by atoms with Gasteiger partial charge in [0.25, 0.3) is 5.69 Å². The first-order valence-corrected chi connectivity index (χ1v) is 6.00. The summed E-state index contributed by atoms with van der Waals surface area (Å²) < 4.78 is 5.69. The van der Waals surface area contributed by atoms with Crippen molar-refractivity contribution in [2.24, 2.45) is 0 Å². The van der Waals surface area contributed by atoms with Crippen LogP contribution in [0.3, 0.4) is 0 Å². The molecule has 0 amide bonds. The van der Waals surface area contributed by atoms with Gasteiger partial charge in [0.15, 0.2) is 0 Å². The number of fused-ring (bicyclic) bond motifs is 1. The molecule has 3 rings (SSSR count). The van der Waals surface area contributed by atoms with Crippen LogP contribution in [0.25, 0.3) is 10.8 Å². The fourth-order valence-electron chi connectivity index (χ4n) is 1.92. The van der Waals surface area contributed by atoms with Crippen molar-refractivity contribution in [3.63, 3.8) is 0 Å². The van der Waals surface area contributed by atoms with Crippen LogP contribution in [0.2, 0.25) is 0 Å². The molecule has 0 bridgehead atoms. The minimum Gasteiger partial charge on any atom is -0.438 e. The van der Waals surface area contributed by atoms with Crippen molar-refractivity contribution in [2.75, 3.05) is 0 Å². The van der Waals surface area contributed by atoms with Gasteiger partial charge in [-0.3, -0.25) is 10.1 Å². The molecule has 98 valence electrons. The van der Waals surface area contributed by atoms with Gasteiger partial charge in [-0.15, -0.1) is 0 Å². The van der Waals surface area contributed by atoms with Crippen molar-refractivity contribution < 1.29 is 9.66 Å². The molecule has 5 nitrogen and oxygen atoms in total. The van der Waals surface area contributed by atoms with Gasteiger partial charge in [-0.1, -0.05) is 18.2 Å². The third kappa shape index (κ3) is 2.29. The predicted molar refractivity (Wildman–Crippen MR) is 74.9 cm³/mol. The van der Waals surface area contributed by atoms with E-state index in [1.165, 1.54) is 12.1 Å². The molecule has 5 heteroatoms. The lowest BCUT2D eigenvalue weighted by atomic mass is 10.2. The van der Waals surface area contributed by atoms with Crippen molar-refractivity contribution in [1.29, 1.82) is 0 Å². The maximum absolute atomic E-state index is 10.6. The molecule has 2 aromatic carbocycles. The van der Waals surface area contributed by atoms with Crippen LogP contribution in [0, 0.1) is 10.1 Å². The van der Waals surface area contributed by atoms with E-state index >= 15 is 0 Å². The van der Waals surface area contributed by atoms with E-state index in [9.17, 15) is 10.1 Å². The van der Waals surface area contributed by atoms with Crippen molar-refractivity contribution in [3.8, 4) is 11.6 Å². The number of aromatic nitrogens is 1. The molecule has 0 atom stereocenters. The highest BCUT2D eigenvalue weighted by Gasteiger charge is 2.07. The summed E-state index contributed by atoms with van der Waals surface area (Å²) in [6.07, 6.45) is 1.67. The molecule has 0 saturated carbocycles. The fourth-order valence-corrected chi connectivity index (χ4v) is 1.92. The van der Waals surface area contributed by atoms with Crippen LogP contribution in [0.4, 0.5) is 5.69 Å². The summed E-state index contributed by atoms with van der Waals surface area (Å²) in [6, 6.07) is 15.6. The molecule has 0 aliphatic heterocycles. The zero-order chi connectivity index (χ0) is 13.9. The van der Waals surface area contributed by atoms with Gasteiger partial charge in [-0.05, 0) is 29.7 Å². The van der Waals surface area contributed by atoms with Crippen LogP contribution in [0.5, 0.6) is 11.6 Å². The number of rotatable bonds is 3. The fraction of sp³-hybridized carbons (Fsp3) is 0. The predicted octanol–water partition coefficient (Wildman–Crippen LogP) is 3.94. The van der Waals surface area contributed by atoms with E-state index in [4.69, 9.17) is 4.74 Å². The number of nitro groups is 1. The number of non-ortho nitro benzene ring substituents is 1. The smallest absolute Gasteiger partial charge is 0.269 e. The Hall–Kier alpha value is -2.95. The largest absolute Gasteiger partial charge is 0.438 e. The van der Waals surface area contributed by atoms with E-state index in [2.05, 4.69) is 4.98 Å². The Balaban J connectivity index is 1.95. The third-order valence-corrected chi connectivity index (χ3v) is 2.90. The average Bonchev–Trinajstić information content (AvgIpc) is 2.48. The molecule has 0 aliphatic carbocycles. The number of hydrogen-bond acceptors (Lipinski definition) is 4. The summed E-state index contributed by atoms with van der Waals surface area (Å²) in [4.78, 5) is 14.4. The second-order valence-electron chi connectivity index (χ2n) is 4.19. The van der Waals surface area contributed by atoms with Gasteiger partial charge in [0.1, 0.15) is 5.75 Å². The molecule has 20 heavy (non-hydrogen) atoms. The summed E-state index contributed by atoms with van der Waals surface area (Å²) >= 11 is 0. The van der Waals surface area contributed by atoms with Gasteiger partial charge in [0, 0.05) is 23.7 Å². The average molecular weight is 266 g/mol. The van der Waals surface area contributed by atoms with E-state index < -0.39 is 4.92 Å². The second kappa shape index (κ2) is 4.97. The Kier molecular flexibility index (Phi) is 3.01. The highest BCUT2D eigenvalue weighted by Crippen LogP contribution is 2.28. The third-order valence-electron chi connectivity index (χ3n) is 2.90. The molecule has 1 aromatic heterocycles. The first kappa shape index (κ1) is 12.1. The van der Waals surface area contributed by atoms with Crippen LogP contribution in [0.1, 0.15) is 0 Å². The van der Waals surface area contributed by atoms with E-state index in [1.807, 2.05) is 30.3 Å². The number of benzene rings is 2. The van der Waals surface area contributed by atoms with E-state index in [0.717, 1.165) is 10.8 Å². The van der Waals surface area contributed by atoms with Crippen LogP contribution < -0.4 is 4.74 Å². The Bertz CT molecular complexity index is 764. The lowest BCUT2D eigenvalue weighted by Crippen LogP contribution is -1.90. The molecule has 0 spiro atoms. The summed E-state index contributed by atoms with van der Waals surface area (Å²) in [6.45, 7) is 0. The summed E-state index contributed by atoms with van der Waals surface area (Å²) in [5.74, 6) is 0.997. The monoisotopic (exact) mass is 266 g/mol. The van der Waals surface area contributed by atoms with Gasteiger partial charge in [0.2, 0.25) is 5.88 Å². The molecular formula is C15H10N2O3. The van der Waals surface area contributed by atoms with Crippen LogP contribution in [0.15, 0.2) is 60.8 Å². The van der Waals surface area contributed by atoms with Gasteiger partial charge in [0.05, 0.1) is 4.92 Å². The quantitative estimate of drug-likeness (QED) is 0.532. The zero-order valence-electron chi connectivity index (χ0n) is 10.4. The number of hydrogen-bond donors (Lipinski definition) is 0. The normalized spacial score (nSPS) is 10.4. The number of ether oxygens (including phenoxy) is 1. The molecule has 3 aromatic rings. The maximum atomic E-state index is 10.6. The lowest BCUT2D eigenvalue weighted by Gasteiger charge is -2.07. The van der Waals surface area contributed by atoms with E-state index in [-0.39, 0.29) is 5.69 Å². The van der Waals surface area contributed by atoms with E-state index in [0.29, 0.717) is 11.6 Å². The second-order valence-corrected chi connectivity index (χ2v) is 4.19. The molecule has 0 fully saturated rings. The lowest BCUT2D eigenvalue weighted by molar-refractivity contribution is -0.384. The van der Waals surface area contributed by atoms with Gasteiger partial charge in [-0.2, -0.15) is 0 Å². The Morgan fingerprint density at radius 2 is 1.75 bits per heavy atom. The van der Waals surface area contributed by atoms with Crippen LogP contribution >= 0.6 is 0 Å². The molecule has 0 saturated heterocycles. The zero-order valence-corrected chi connectivity index (χ0v) is 10.4. The highest BCUT2D eigenvalue weighted by molar-refractivity contribution is 5.86. The minimum atomic E-state index is -0.444. The van der Waals surface area contributed by atoms with Crippen molar-refractivity contribution in [2.45, 2.75) is 0 Å². The van der Waals surface area contributed by atoms with Crippen LogP contribution in [-0.2, 0) is 0 Å². The van der Waals surface area contributed by atoms with Gasteiger partial charge >= 0.3 is 0 Å². The van der Waals surface area contributed by atoms with Crippen molar-refractivity contribution in [1.82, 2.24) is 4.98 Å².